The molecule has 0 aliphatic carbocycles. The van der Waals surface area contributed by atoms with E-state index < -0.39 is 0 Å². The van der Waals surface area contributed by atoms with Crippen LogP contribution in [0.15, 0.2) is 58.0 Å². The number of likely N-dealkylation sites (tertiary alicyclic amines) is 1. The molecular formula is C18H16BrN3. The van der Waals surface area contributed by atoms with Crippen molar-refractivity contribution in [1.82, 2.24) is 4.90 Å². The van der Waals surface area contributed by atoms with Gasteiger partial charge in [-0.05, 0) is 30.2 Å². The van der Waals surface area contributed by atoms with Gasteiger partial charge in [0.15, 0.2) is 0 Å². The second-order valence-electron chi connectivity index (χ2n) is 5.31. The third-order valence-corrected chi connectivity index (χ3v) is 4.23. The Hall–Kier alpha value is -2.12. The predicted molar refractivity (Wildman–Crippen MR) is 92.0 cm³/mol. The van der Waals surface area contributed by atoms with Crippen LogP contribution in [0.1, 0.15) is 24.0 Å². The number of nitriles is 1. The van der Waals surface area contributed by atoms with E-state index in [9.17, 15) is 5.26 Å². The lowest BCUT2D eigenvalue weighted by Gasteiger charge is -2.19. The zero-order chi connectivity index (χ0) is 15.4. The smallest absolute Gasteiger partial charge is 0.105 e. The molecule has 1 aliphatic rings. The minimum absolute atomic E-state index is 0.605. The highest BCUT2D eigenvalue weighted by Gasteiger charge is 2.19. The van der Waals surface area contributed by atoms with Crippen molar-refractivity contribution in [3.05, 3.63) is 64.1 Å². The summed E-state index contributed by atoms with van der Waals surface area (Å²) in [7, 11) is 0. The Bertz CT molecular complexity index is 732. The first-order valence-electron chi connectivity index (χ1n) is 7.32. The number of hydrogen-bond donors (Lipinski definition) is 0. The van der Waals surface area contributed by atoms with Gasteiger partial charge < -0.3 is 4.90 Å². The van der Waals surface area contributed by atoms with E-state index in [1.54, 1.807) is 0 Å². The molecule has 1 heterocycles. The number of hydrogen-bond acceptors (Lipinski definition) is 2. The Labute approximate surface area is 139 Å². The standard InChI is InChI=1S/C18H16BrN3/c19-16-8-9-17(15(11-16)12-20)21-18-7-4-10-22(18)13-14-5-2-1-3-6-14/h1-3,5-6,8-9,11H,4,7,10,13H2. The average Bonchev–Trinajstić information content (AvgIpc) is 2.97. The molecule has 2 aromatic rings. The van der Waals surface area contributed by atoms with E-state index in [4.69, 9.17) is 4.99 Å². The number of aliphatic imine (C=N–C) groups is 1. The summed E-state index contributed by atoms with van der Waals surface area (Å²) in [5, 5.41) is 9.26. The summed E-state index contributed by atoms with van der Waals surface area (Å²) in [6.45, 7) is 1.89. The van der Waals surface area contributed by atoms with E-state index in [0.717, 1.165) is 41.9 Å². The lowest BCUT2D eigenvalue weighted by molar-refractivity contribution is 0.448. The molecule has 3 rings (SSSR count). The molecule has 1 aliphatic heterocycles. The van der Waals surface area contributed by atoms with E-state index in [1.807, 2.05) is 24.3 Å². The monoisotopic (exact) mass is 353 g/mol. The summed E-state index contributed by atoms with van der Waals surface area (Å²) in [5.41, 5.74) is 2.64. The maximum atomic E-state index is 9.26. The first-order chi connectivity index (χ1) is 10.8. The van der Waals surface area contributed by atoms with Crippen molar-refractivity contribution in [2.24, 2.45) is 4.99 Å². The van der Waals surface area contributed by atoms with Gasteiger partial charge in [0.1, 0.15) is 11.9 Å². The Balaban J connectivity index is 1.85. The van der Waals surface area contributed by atoms with Gasteiger partial charge >= 0.3 is 0 Å². The molecule has 1 fully saturated rings. The highest BCUT2D eigenvalue weighted by molar-refractivity contribution is 9.10. The quantitative estimate of drug-likeness (QED) is 0.805. The van der Waals surface area contributed by atoms with Gasteiger partial charge in [0.2, 0.25) is 0 Å². The molecule has 4 heteroatoms. The second kappa shape index (κ2) is 6.76. The van der Waals surface area contributed by atoms with Crippen LogP contribution in [0, 0.1) is 11.3 Å². The third kappa shape index (κ3) is 3.37. The van der Waals surface area contributed by atoms with E-state index in [2.05, 4.69) is 51.2 Å². The molecular weight excluding hydrogens is 338 g/mol. The molecule has 1 saturated heterocycles. The van der Waals surface area contributed by atoms with Crippen molar-refractivity contribution in [2.45, 2.75) is 19.4 Å². The molecule has 0 amide bonds. The van der Waals surface area contributed by atoms with Crippen LogP contribution in [0.25, 0.3) is 0 Å². The predicted octanol–water partition coefficient (Wildman–Crippen LogP) is 4.65. The van der Waals surface area contributed by atoms with E-state index in [-0.39, 0.29) is 0 Å². The highest BCUT2D eigenvalue weighted by atomic mass is 79.9. The Kier molecular flexibility index (Phi) is 4.55. The topological polar surface area (TPSA) is 39.4 Å². The summed E-state index contributed by atoms with van der Waals surface area (Å²) in [5.74, 6) is 1.07. The minimum Gasteiger partial charge on any atom is -0.356 e. The molecule has 0 saturated carbocycles. The molecule has 0 atom stereocenters. The molecule has 0 radical (unpaired) electrons. The van der Waals surface area contributed by atoms with Crippen molar-refractivity contribution < 1.29 is 0 Å². The maximum Gasteiger partial charge on any atom is 0.105 e. The third-order valence-electron chi connectivity index (χ3n) is 3.74. The van der Waals surface area contributed by atoms with Crippen LogP contribution >= 0.6 is 15.9 Å². The summed E-state index contributed by atoms with van der Waals surface area (Å²) in [6, 6.07) is 18.3. The zero-order valence-corrected chi connectivity index (χ0v) is 13.8. The summed E-state index contributed by atoms with van der Waals surface area (Å²) < 4.78 is 0.903. The van der Waals surface area contributed by atoms with Crippen LogP contribution in [-0.2, 0) is 6.54 Å². The lowest BCUT2D eigenvalue weighted by Crippen LogP contribution is -2.24. The van der Waals surface area contributed by atoms with Crippen molar-refractivity contribution in [3.63, 3.8) is 0 Å². The SMILES string of the molecule is N#Cc1cc(Br)ccc1N=C1CCCN1Cc1ccccc1. The van der Waals surface area contributed by atoms with E-state index >= 15 is 0 Å². The normalized spacial score (nSPS) is 16.0. The molecule has 0 spiro atoms. The van der Waals surface area contributed by atoms with Gasteiger partial charge in [-0.1, -0.05) is 46.3 Å². The van der Waals surface area contributed by atoms with Crippen LogP contribution in [0.4, 0.5) is 5.69 Å². The molecule has 0 bridgehead atoms. The molecule has 0 N–H and O–H groups in total. The first-order valence-corrected chi connectivity index (χ1v) is 8.11. The zero-order valence-electron chi connectivity index (χ0n) is 12.2. The van der Waals surface area contributed by atoms with Gasteiger partial charge in [-0.3, -0.25) is 0 Å². The van der Waals surface area contributed by atoms with Crippen molar-refractivity contribution in [1.29, 1.82) is 5.26 Å². The number of nitrogens with zero attached hydrogens (tertiary/aromatic N) is 3. The van der Waals surface area contributed by atoms with Crippen LogP contribution in [0.3, 0.4) is 0 Å². The summed E-state index contributed by atoms with van der Waals surface area (Å²) in [6.07, 6.45) is 2.08. The highest BCUT2D eigenvalue weighted by Crippen LogP contribution is 2.26. The molecule has 22 heavy (non-hydrogen) atoms. The average molecular weight is 354 g/mol. The number of amidine groups is 1. The van der Waals surface area contributed by atoms with Crippen LogP contribution in [0.5, 0.6) is 0 Å². The van der Waals surface area contributed by atoms with Crippen molar-refractivity contribution in [3.8, 4) is 6.07 Å². The maximum absolute atomic E-state index is 9.26. The molecule has 2 aromatic carbocycles. The van der Waals surface area contributed by atoms with E-state index in [0.29, 0.717) is 5.56 Å². The van der Waals surface area contributed by atoms with E-state index in [1.165, 1.54) is 5.56 Å². The minimum atomic E-state index is 0.605. The summed E-state index contributed by atoms with van der Waals surface area (Å²) >= 11 is 3.40. The van der Waals surface area contributed by atoms with Crippen LogP contribution in [-0.4, -0.2) is 17.3 Å². The number of halogens is 1. The van der Waals surface area contributed by atoms with Gasteiger partial charge in [0.05, 0.1) is 11.3 Å². The van der Waals surface area contributed by atoms with Crippen LogP contribution in [0.2, 0.25) is 0 Å². The number of rotatable bonds is 3. The molecule has 0 unspecified atom stereocenters. The fraction of sp³-hybridized carbons (Fsp3) is 0.222. The number of benzene rings is 2. The fourth-order valence-electron chi connectivity index (χ4n) is 2.65. The molecule has 110 valence electrons. The molecule has 3 nitrogen and oxygen atoms in total. The van der Waals surface area contributed by atoms with Gasteiger partial charge in [0.25, 0.3) is 0 Å². The van der Waals surface area contributed by atoms with Gasteiger partial charge in [-0.2, -0.15) is 5.26 Å². The fourth-order valence-corrected chi connectivity index (χ4v) is 3.01. The van der Waals surface area contributed by atoms with Crippen molar-refractivity contribution in [2.75, 3.05) is 6.54 Å². The molecule has 0 aromatic heterocycles. The Morgan fingerprint density at radius 3 is 2.77 bits per heavy atom. The van der Waals surface area contributed by atoms with Crippen molar-refractivity contribution >= 4 is 27.5 Å². The van der Waals surface area contributed by atoms with Crippen LogP contribution < -0.4 is 0 Å². The van der Waals surface area contributed by atoms with Gasteiger partial charge in [-0.15, -0.1) is 0 Å². The van der Waals surface area contributed by atoms with Gasteiger partial charge in [0, 0.05) is 24.0 Å². The Morgan fingerprint density at radius 2 is 2.00 bits per heavy atom. The summed E-state index contributed by atoms with van der Waals surface area (Å²) in [4.78, 5) is 7.05. The largest absolute Gasteiger partial charge is 0.356 e. The first kappa shape index (κ1) is 14.8. The second-order valence-corrected chi connectivity index (χ2v) is 6.23. The Morgan fingerprint density at radius 1 is 1.18 bits per heavy atom. The lowest BCUT2D eigenvalue weighted by atomic mass is 10.2. The van der Waals surface area contributed by atoms with Gasteiger partial charge in [-0.25, -0.2) is 4.99 Å².